The number of nitrogens with one attached hydrogen (secondary N) is 1. The zero-order chi connectivity index (χ0) is 16.3. The molecule has 1 atom stereocenters. The van der Waals surface area contributed by atoms with Crippen molar-refractivity contribution in [3.05, 3.63) is 47.5 Å². The summed E-state index contributed by atoms with van der Waals surface area (Å²) >= 11 is 0. The van der Waals surface area contributed by atoms with Gasteiger partial charge >= 0.3 is 5.97 Å². The van der Waals surface area contributed by atoms with Gasteiger partial charge in [-0.25, -0.2) is 13.9 Å². The topological polar surface area (TPSA) is 84.2 Å². The van der Waals surface area contributed by atoms with Gasteiger partial charge in [0, 0.05) is 11.8 Å². The smallest absolute Gasteiger partial charge is 0.326 e. The van der Waals surface area contributed by atoms with Crippen LogP contribution in [0.5, 0.6) is 0 Å². The normalized spacial score (nSPS) is 12.0. The lowest BCUT2D eigenvalue weighted by Crippen LogP contribution is -2.40. The number of rotatable bonds is 5. The van der Waals surface area contributed by atoms with Gasteiger partial charge in [-0.05, 0) is 37.6 Å². The second kappa shape index (κ2) is 6.38. The third-order valence-corrected chi connectivity index (χ3v) is 3.22. The Bertz CT molecular complexity index is 695. The monoisotopic (exact) mass is 305 g/mol. The molecule has 0 saturated carbocycles. The first-order valence-corrected chi connectivity index (χ1v) is 6.78. The van der Waals surface area contributed by atoms with Crippen LogP contribution < -0.4 is 5.32 Å². The zero-order valence-corrected chi connectivity index (χ0v) is 12.2. The molecule has 0 aliphatic carbocycles. The molecule has 0 bridgehead atoms. The van der Waals surface area contributed by atoms with E-state index in [-0.39, 0.29) is 17.9 Å². The number of halogens is 1. The average molecular weight is 305 g/mol. The number of nitrogens with zero attached hydrogens (tertiary/aromatic N) is 2. The van der Waals surface area contributed by atoms with Crippen LogP contribution in [0.3, 0.4) is 0 Å². The van der Waals surface area contributed by atoms with Crippen LogP contribution in [-0.2, 0) is 4.79 Å². The van der Waals surface area contributed by atoms with Crippen molar-refractivity contribution in [3.63, 3.8) is 0 Å². The number of carboxylic acids is 1. The number of carbonyl (C=O) groups excluding carboxylic acids is 1. The molecule has 2 rings (SSSR count). The fourth-order valence-electron chi connectivity index (χ4n) is 1.98. The van der Waals surface area contributed by atoms with E-state index in [1.807, 2.05) is 0 Å². The molecular weight excluding hydrogens is 289 g/mol. The molecule has 1 heterocycles. The summed E-state index contributed by atoms with van der Waals surface area (Å²) in [5.41, 5.74) is 1.35. The molecule has 1 aromatic heterocycles. The Labute approximate surface area is 126 Å². The molecule has 7 heteroatoms. The van der Waals surface area contributed by atoms with E-state index in [0.717, 1.165) is 0 Å². The zero-order valence-electron chi connectivity index (χ0n) is 12.2. The number of aromatic nitrogens is 2. The molecule has 1 aromatic carbocycles. The number of amides is 1. The van der Waals surface area contributed by atoms with Crippen molar-refractivity contribution < 1.29 is 19.1 Å². The standard InChI is InChI=1S/C15H16FN3O3/c1-3-12(15(21)22)17-14(20)13-9(2)8-19(18-13)11-6-4-10(16)5-7-11/h4-8,12H,3H2,1-2H3,(H,17,20)(H,21,22). The Hall–Kier alpha value is -2.70. The summed E-state index contributed by atoms with van der Waals surface area (Å²) in [7, 11) is 0. The molecule has 0 aliphatic heterocycles. The molecule has 0 fully saturated rings. The van der Waals surface area contributed by atoms with E-state index in [1.165, 1.54) is 28.9 Å². The predicted octanol–water partition coefficient (Wildman–Crippen LogP) is 1.91. The highest BCUT2D eigenvalue weighted by molar-refractivity contribution is 5.96. The van der Waals surface area contributed by atoms with Crippen molar-refractivity contribution in [1.29, 1.82) is 0 Å². The lowest BCUT2D eigenvalue weighted by molar-refractivity contribution is -0.139. The minimum atomic E-state index is -1.09. The number of benzene rings is 1. The van der Waals surface area contributed by atoms with Crippen molar-refractivity contribution in [3.8, 4) is 5.69 Å². The summed E-state index contributed by atoms with van der Waals surface area (Å²) in [5.74, 6) is -2.00. The quantitative estimate of drug-likeness (QED) is 0.884. The maximum Gasteiger partial charge on any atom is 0.326 e. The third kappa shape index (κ3) is 3.30. The van der Waals surface area contributed by atoms with Gasteiger partial charge in [0.2, 0.25) is 0 Å². The minimum Gasteiger partial charge on any atom is -0.480 e. The van der Waals surface area contributed by atoms with Crippen LogP contribution in [0.4, 0.5) is 4.39 Å². The van der Waals surface area contributed by atoms with Gasteiger partial charge in [0.1, 0.15) is 11.9 Å². The number of aryl methyl sites for hydroxylation is 1. The lowest BCUT2D eigenvalue weighted by atomic mass is 10.2. The Morgan fingerprint density at radius 3 is 2.55 bits per heavy atom. The molecule has 0 saturated heterocycles. The first-order valence-electron chi connectivity index (χ1n) is 6.78. The van der Waals surface area contributed by atoms with Gasteiger partial charge in [0.15, 0.2) is 5.69 Å². The summed E-state index contributed by atoms with van der Waals surface area (Å²) in [6, 6.07) is 4.71. The molecule has 1 amide bonds. The number of carbonyl (C=O) groups is 2. The minimum absolute atomic E-state index is 0.143. The first kappa shape index (κ1) is 15.7. The van der Waals surface area contributed by atoms with Crippen molar-refractivity contribution in [2.45, 2.75) is 26.3 Å². The summed E-state index contributed by atoms with van der Waals surface area (Å²) < 4.78 is 14.4. The third-order valence-electron chi connectivity index (χ3n) is 3.22. The lowest BCUT2D eigenvalue weighted by Gasteiger charge is -2.11. The maximum atomic E-state index is 12.9. The highest BCUT2D eigenvalue weighted by Crippen LogP contribution is 2.13. The fourth-order valence-corrected chi connectivity index (χ4v) is 1.98. The number of hydrogen-bond acceptors (Lipinski definition) is 3. The summed E-state index contributed by atoms with van der Waals surface area (Å²) in [5, 5.41) is 15.5. The van der Waals surface area contributed by atoms with E-state index < -0.39 is 17.9 Å². The predicted molar refractivity (Wildman–Crippen MR) is 77.4 cm³/mol. The fraction of sp³-hybridized carbons (Fsp3) is 0.267. The molecule has 22 heavy (non-hydrogen) atoms. The van der Waals surface area contributed by atoms with Crippen LogP contribution in [0.1, 0.15) is 29.4 Å². The van der Waals surface area contributed by atoms with E-state index in [1.54, 1.807) is 20.0 Å². The SMILES string of the molecule is CCC(NC(=O)c1nn(-c2ccc(F)cc2)cc1C)C(=O)O. The Kier molecular flexibility index (Phi) is 4.55. The Morgan fingerprint density at radius 2 is 2.00 bits per heavy atom. The van der Waals surface area contributed by atoms with E-state index in [2.05, 4.69) is 10.4 Å². The van der Waals surface area contributed by atoms with Crippen LogP contribution in [0, 0.1) is 12.7 Å². The van der Waals surface area contributed by atoms with Crippen molar-refractivity contribution in [2.24, 2.45) is 0 Å². The largest absolute Gasteiger partial charge is 0.480 e. The van der Waals surface area contributed by atoms with Crippen molar-refractivity contribution >= 4 is 11.9 Å². The first-order chi connectivity index (χ1) is 10.4. The molecule has 1 unspecified atom stereocenters. The Balaban J connectivity index is 2.24. The summed E-state index contributed by atoms with van der Waals surface area (Å²) in [6.07, 6.45) is 1.91. The van der Waals surface area contributed by atoms with Crippen LogP contribution in [-0.4, -0.2) is 32.8 Å². The summed E-state index contributed by atoms with van der Waals surface area (Å²) in [6.45, 7) is 3.37. The van der Waals surface area contributed by atoms with Gasteiger partial charge in [-0.1, -0.05) is 6.92 Å². The van der Waals surface area contributed by atoms with Crippen LogP contribution in [0.15, 0.2) is 30.5 Å². The maximum absolute atomic E-state index is 12.9. The van der Waals surface area contributed by atoms with Crippen LogP contribution in [0.25, 0.3) is 5.69 Å². The molecule has 0 aliphatic rings. The van der Waals surface area contributed by atoms with Gasteiger partial charge in [-0.15, -0.1) is 0 Å². The van der Waals surface area contributed by atoms with Crippen molar-refractivity contribution in [2.75, 3.05) is 0 Å². The summed E-state index contributed by atoms with van der Waals surface area (Å²) in [4.78, 5) is 23.1. The highest BCUT2D eigenvalue weighted by atomic mass is 19.1. The van der Waals surface area contributed by atoms with E-state index in [4.69, 9.17) is 5.11 Å². The number of carboxylic acid groups (broad SMARTS) is 1. The van der Waals surface area contributed by atoms with Gasteiger partial charge in [-0.2, -0.15) is 5.10 Å². The van der Waals surface area contributed by atoms with Gasteiger partial charge in [0.25, 0.3) is 5.91 Å². The number of hydrogen-bond donors (Lipinski definition) is 2. The molecule has 116 valence electrons. The average Bonchev–Trinajstić information content (AvgIpc) is 2.87. The highest BCUT2D eigenvalue weighted by Gasteiger charge is 2.21. The van der Waals surface area contributed by atoms with Gasteiger partial charge in [0.05, 0.1) is 5.69 Å². The van der Waals surface area contributed by atoms with E-state index in [9.17, 15) is 14.0 Å². The van der Waals surface area contributed by atoms with Crippen LogP contribution in [0.2, 0.25) is 0 Å². The molecule has 6 nitrogen and oxygen atoms in total. The van der Waals surface area contributed by atoms with Crippen molar-refractivity contribution in [1.82, 2.24) is 15.1 Å². The molecule has 0 spiro atoms. The molecule has 2 N–H and O–H groups in total. The van der Waals surface area contributed by atoms with E-state index >= 15 is 0 Å². The Morgan fingerprint density at radius 1 is 1.36 bits per heavy atom. The van der Waals surface area contributed by atoms with Gasteiger partial charge in [-0.3, -0.25) is 4.79 Å². The van der Waals surface area contributed by atoms with Crippen LogP contribution >= 0.6 is 0 Å². The van der Waals surface area contributed by atoms with E-state index in [0.29, 0.717) is 11.3 Å². The second-order valence-corrected chi connectivity index (χ2v) is 4.85. The molecule has 0 radical (unpaired) electrons. The second-order valence-electron chi connectivity index (χ2n) is 4.85. The number of aliphatic carboxylic acids is 1. The van der Waals surface area contributed by atoms with Gasteiger partial charge < -0.3 is 10.4 Å². The molecular formula is C15H16FN3O3. The molecule has 2 aromatic rings.